The molecule has 0 N–H and O–H groups in total. The molecule has 0 radical (unpaired) electrons. The van der Waals surface area contributed by atoms with Crippen molar-refractivity contribution >= 4 is 5.91 Å². The van der Waals surface area contributed by atoms with Gasteiger partial charge in [0.2, 0.25) is 0 Å². The van der Waals surface area contributed by atoms with E-state index in [0.717, 1.165) is 43.2 Å². The number of rotatable bonds is 3. The number of hydrogen-bond donors (Lipinski definition) is 0. The van der Waals surface area contributed by atoms with Crippen LogP contribution in [0.5, 0.6) is 5.75 Å². The fourth-order valence-corrected chi connectivity index (χ4v) is 2.21. The minimum absolute atomic E-state index is 0.102. The Balaban J connectivity index is 1.83. The zero-order chi connectivity index (χ0) is 13.0. The standard InChI is InChI=1S/C15H21NO2/c1-12-7-9-16(10-8-12)15(17)11-18-14-6-4-3-5-13(14)2/h3-6,12H,7-11H2,1-2H3. The summed E-state index contributed by atoms with van der Waals surface area (Å²) in [4.78, 5) is 13.9. The van der Waals surface area contributed by atoms with Crippen LogP contribution in [0.1, 0.15) is 25.3 Å². The van der Waals surface area contributed by atoms with Gasteiger partial charge in [0.25, 0.3) is 5.91 Å². The molecule has 0 aliphatic carbocycles. The maximum Gasteiger partial charge on any atom is 0.260 e. The van der Waals surface area contributed by atoms with Gasteiger partial charge >= 0.3 is 0 Å². The number of amides is 1. The molecule has 0 bridgehead atoms. The molecule has 1 saturated heterocycles. The molecule has 1 heterocycles. The van der Waals surface area contributed by atoms with E-state index in [4.69, 9.17) is 4.74 Å². The fourth-order valence-electron chi connectivity index (χ4n) is 2.21. The van der Waals surface area contributed by atoms with Gasteiger partial charge in [0.15, 0.2) is 6.61 Å². The average molecular weight is 247 g/mol. The Morgan fingerprint density at radius 3 is 2.67 bits per heavy atom. The summed E-state index contributed by atoms with van der Waals surface area (Å²) < 4.78 is 5.59. The molecule has 1 fully saturated rings. The van der Waals surface area contributed by atoms with Gasteiger partial charge in [0, 0.05) is 13.1 Å². The van der Waals surface area contributed by atoms with Crippen LogP contribution in [0.15, 0.2) is 24.3 Å². The topological polar surface area (TPSA) is 29.5 Å². The monoisotopic (exact) mass is 247 g/mol. The SMILES string of the molecule is Cc1ccccc1OCC(=O)N1CCC(C)CC1. The van der Waals surface area contributed by atoms with Crippen LogP contribution < -0.4 is 4.74 Å². The smallest absolute Gasteiger partial charge is 0.260 e. The Kier molecular flexibility index (Phi) is 4.24. The molecule has 3 nitrogen and oxygen atoms in total. The van der Waals surface area contributed by atoms with E-state index in [1.54, 1.807) is 0 Å². The van der Waals surface area contributed by atoms with E-state index >= 15 is 0 Å². The molecule has 1 aliphatic heterocycles. The largest absolute Gasteiger partial charge is 0.484 e. The number of carbonyl (C=O) groups is 1. The molecule has 0 atom stereocenters. The number of piperidine rings is 1. The molecule has 1 aliphatic rings. The highest BCUT2D eigenvalue weighted by atomic mass is 16.5. The van der Waals surface area contributed by atoms with Gasteiger partial charge in [-0.3, -0.25) is 4.79 Å². The van der Waals surface area contributed by atoms with E-state index in [2.05, 4.69) is 6.92 Å². The van der Waals surface area contributed by atoms with Crippen LogP contribution in [0.3, 0.4) is 0 Å². The van der Waals surface area contributed by atoms with Gasteiger partial charge in [0.05, 0.1) is 0 Å². The number of hydrogen-bond acceptors (Lipinski definition) is 2. The van der Waals surface area contributed by atoms with Gasteiger partial charge in [-0.05, 0) is 37.3 Å². The van der Waals surface area contributed by atoms with E-state index in [0.29, 0.717) is 0 Å². The molecular weight excluding hydrogens is 226 g/mol. The third-order valence-corrected chi connectivity index (χ3v) is 3.58. The van der Waals surface area contributed by atoms with Gasteiger partial charge < -0.3 is 9.64 Å². The molecule has 1 aromatic rings. The van der Waals surface area contributed by atoms with Crippen LogP contribution in [0.25, 0.3) is 0 Å². The first-order valence-electron chi connectivity index (χ1n) is 6.63. The van der Waals surface area contributed by atoms with Crippen LogP contribution in [-0.2, 0) is 4.79 Å². The van der Waals surface area contributed by atoms with Crippen molar-refractivity contribution in [1.82, 2.24) is 4.90 Å². The van der Waals surface area contributed by atoms with Gasteiger partial charge in [-0.1, -0.05) is 25.1 Å². The molecule has 1 aromatic carbocycles. The second-order valence-electron chi connectivity index (χ2n) is 5.12. The first kappa shape index (κ1) is 12.9. The zero-order valence-corrected chi connectivity index (χ0v) is 11.2. The first-order valence-corrected chi connectivity index (χ1v) is 6.63. The normalized spacial score (nSPS) is 16.7. The molecular formula is C15H21NO2. The molecule has 2 rings (SSSR count). The number of carbonyl (C=O) groups excluding carboxylic acids is 1. The number of benzene rings is 1. The zero-order valence-electron chi connectivity index (χ0n) is 11.2. The molecule has 3 heteroatoms. The van der Waals surface area contributed by atoms with E-state index in [1.165, 1.54) is 0 Å². The number of ether oxygens (including phenoxy) is 1. The summed E-state index contributed by atoms with van der Waals surface area (Å²) >= 11 is 0. The highest BCUT2D eigenvalue weighted by Crippen LogP contribution is 2.18. The van der Waals surface area contributed by atoms with Gasteiger partial charge in [0.1, 0.15) is 5.75 Å². The minimum Gasteiger partial charge on any atom is -0.484 e. The Morgan fingerprint density at radius 2 is 2.00 bits per heavy atom. The summed E-state index contributed by atoms with van der Waals surface area (Å²) in [5.41, 5.74) is 1.07. The molecule has 0 aromatic heterocycles. The predicted octanol–water partition coefficient (Wildman–Crippen LogP) is 2.63. The van der Waals surface area contributed by atoms with E-state index in [1.807, 2.05) is 36.1 Å². The van der Waals surface area contributed by atoms with E-state index in [9.17, 15) is 4.79 Å². The summed E-state index contributed by atoms with van der Waals surface area (Å²) in [5.74, 6) is 1.65. The van der Waals surface area contributed by atoms with Crippen LogP contribution in [-0.4, -0.2) is 30.5 Å². The van der Waals surface area contributed by atoms with Crippen molar-refractivity contribution in [2.45, 2.75) is 26.7 Å². The molecule has 0 unspecified atom stereocenters. The molecule has 18 heavy (non-hydrogen) atoms. The Labute approximate surface area is 109 Å². The Hall–Kier alpha value is -1.51. The van der Waals surface area contributed by atoms with Crippen molar-refractivity contribution in [3.63, 3.8) is 0 Å². The summed E-state index contributed by atoms with van der Waals surface area (Å²) in [6.07, 6.45) is 2.21. The van der Waals surface area contributed by atoms with Crippen molar-refractivity contribution in [3.05, 3.63) is 29.8 Å². The number of aryl methyl sites for hydroxylation is 1. The lowest BCUT2D eigenvalue weighted by Gasteiger charge is -2.30. The molecule has 98 valence electrons. The van der Waals surface area contributed by atoms with Gasteiger partial charge in [-0.2, -0.15) is 0 Å². The highest BCUT2D eigenvalue weighted by molar-refractivity contribution is 5.77. The number of likely N-dealkylation sites (tertiary alicyclic amines) is 1. The minimum atomic E-state index is 0.102. The summed E-state index contributed by atoms with van der Waals surface area (Å²) in [6, 6.07) is 7.79. The maximum atomic E-state index is 12.0. The quantitative estimate of drug-likeness (QED) is 0.821. The lowest BCUT2D eigenvalue weighted by molar-refractivity contribution is -0.134. The Bertz CT molecular complexity index is 409. The maximum absolute atomic E-state index is 12.0. The van der Waals surface area contributed by atoms with Crippen molar-refractivity contribution < 1.29 is 9.53 Å². The van der Waals surface area contributed by atoms with E-state index in [-0.39, 0.29) is 12.5 Å². The summed E-state index contributed by atoms with van der Waals surface area (Å²) in [5, 5.41) is 0. The van der Waals surface area contributed by atoms with E-state index < -0.39 is 0 Å². The molecule has 0 saturated carbocycles. The summed E-state index contributed by atoms with van der Waals surface area (Å²) in [7, 11) is 0. The third-order valence-electron chi connectivity index (χ3n) is 3.58. The summed E-state index contributed by atoms with van der Waals surface area (Å²) in [6.45, 7) is 6.13. The second-order valence-corrected chi connectivity index (χ2v) is 5.12. The number of nitrogens with zero attached hydrogens (tertiary/aromatic N) is 1. The predicted molar refractivity (Wildman–Crippen MR) is 71.7 cm³/mol. The first-order chi connectivity index (χ1) is 8.66. The molecule has 0 spiro atoms. The highest BCUT2D eigenvalue weighted by Gasteiger charge is 2.20. The lowest BCUT2D eigenvalue weighted by Crippen LogP contribution is -2.40. The van der Waals surface area contributed by atoms with Crippen LogP contribution in [0.4, 0.5) is 0 Å². The van der Waals surface area contributed by atoms with Crippen molar-refractivity contribution in [1.29, 1.82) is 0 Å². The van der Waals surface area contributed by atoms with Crippen molar-refractivity contribution in [2.24, 2.45) is 5.92 Å². The lowest BCUT2D eigenvalue weighted by atomic mass is 9.99. The second kappa shape index (κ2) is 5.89. The van der Waals surface area contributed by atoms with Crippen LogP contribution in [0, 0.1) is 12.8 Å². The van der Waals surface area contributed by atoms with Gasteiger partial charge in [-0.25, -0.2) is 0 Å². The van der Waals surface area contributed by atoms with Gasteiger partial charge in [-0.15, -0.1) is 0 Å². The van der Waals surface area contributed by atoms with Crippen molar-refractivity contribution in [2.75, 3.05) is 19.7 Å². The van der Waals surface area contributed by atoms with Crippen LogP contribution >= 0.6 is 0 Å². The fraction of sp³-hybridized carbons (Fsp3) is 0.533. The van der Waals surface area contributed by atoms with Crippen LogP contribution in [0.2, 0.25) is 0 Å². The average Bonchev–Trinajstić information content (AvgIpc) is 2.38. The van der Waals surface area contributed by atoms with Crippen molar-refractivity contribution in [3.8, 4) is 5.75 Å². The number of para-hydroxylation sites is 1. The third kappa shape index (κ3) is 3.25. The Morgan fingerprint density at radius 1 is 1.33 bits per heavy atom. The molecule has 1 amide bonds.